The van der Waals surface area contributed by atoms with Gasteiger partial charge < -0.3 is 15.2 Å². The van der Waals surface area contributed by atoms with Crippen molar-refractivity contribution in [1.29, 1.82) is 0 Å². The third kappa shape index (κ3) is 7.24. The van der Waals surface area contributed by atoms with E-state index < -0.39 is 16.9 Å². The van der Waals surface area contributed by atoms with E-state index in [2.05, 4.69) is 5.32 Å². The summed E-state index contributed by atoms with van der Waals surface area (Å²) in [7, 11) is -0.793. The van der Waals surface area contributed by atoms with Gasteiger partial charge in [-0.15, -0.1) is 0 Å². The summed E-state index contributed by atoms with van der Waals surface area (Å²) < 4.78 is 16.6. The molecule has 114 valence electrons. The fourth-order valence-corrected chi connectivity index (χ4v) is 2.10. The Bertz CT molecular complexity index is 413. The van der Waals surface area contributed by atoms with Gasteiger partial charge in [0.15, 0.2) is 0 Å². The molecule has 0 aromatic heterocycles. The van der Waals surface area contributed by atoms with Crippen LogP contribution in [-0.4, -0.2) is 46.6 Å². The van der Waals surface area contributed by atoms with Gasteiger partial charge in [0.1, 0.15) is 18.5 Å². The second-order valence-corrected chi connectivity index (χ2v) is 6.96. The first kappa shape index (κ1) is 17.4. The first-order chi connectivity index (χ1) is 9.49. The van der Waals surface area contributed by atoms with Crippen LogP contribution in [0.5, 0.6) is 5.75 Å². The summed E-state index contributed by atoms with van der Waals surface area (Å²) in [6.07, 6.45) is 1.96. The van der Waals surface area contributed by atoms with E-state index in [1.54, 1.807) is 30.5 Å². The molecule has 0 saturated carbocycles. The lowest BCUT2D eigenvalue weighted by molar-refractivity contribution is 0.106. The highest BCUT2D eigenvalue weighted by atomic mass is 35.5. The van der Waals surface area contributed by atoms with Gasteiger partial charge in [-0.2, -0.15) is 0 Å². The third-order valence-corrected chi connectivity index (χ3v) is 4.55. The van der Waals surface area contributed by atoms with Crippen LogP contribution in [-0.2, 0) is 10.8 Å². The molecule has 4 nitrogen and oxygen atoms in total. The van der Waals surface area contributed by atoms with Crippen molar-refractivity contribution in [3.8, 4) is 5.75 Å². The van der Waals surface area contributed by atoms with Crippen molar-refractivity contribution in [2.75, 3.05) is 26.0 Å². The lowest BCUT2D eigenvalue weighted by atomic mass is 10.3. The van der Waals surface area contributed by atoms with E-state index >= 15 is 0 Å². The summed E-state index contributed by atoms with van der Waals surface area (Å²) in [5.41, 5.74) is 0. The highest BCUT2D eigenvalue weighted by Gasteiger charge is 2.07. The predicted octanol–water partition coefficient (Wildman–Crippen LogP) is 1.83. The van der Waals surface area contributed by atoms with Crippen LogP contribution < -0.4 is 10.1 Å². The summed E-state index contributed by atoms with van der Waals surface area (Å²) in [6.45, 7) is 3.37. The summed E-state index contributed by atoms with van der Waals surface area (Å²) in [5, 5.41) is 13.7. The molecule has 2 N–H and O–H groups in total. The van der Waals surface area contributed by atoms with E-state index in [0.717, 1.165) is 13.0 Å². The van der Waals surface area contributed by atoms with Crippen LogP contribution >= 0.6 is 11.6 Å². The monoisotopic (exact) mass is 319 g/mol. The SMILES string of the molecule is CC(CCNCC(O)COc1ccc(Cl)cc1)S(C)=O. The van der Waals surface area contributed by atoms with Gasteiger partial charge in [0, 0.05) is 33.9 Å². The Labute approximate surface area is 127 Å². The van der Waals surface area contributed by atoms with Crippen LogP contribution in [0.3, 0.4) is 0 Å². The second-order valence-electron chi connectivity index (χ2n) is 4.72. The summed E-state index contributed by atoms with van der Waals surface area (Å²) >= 11 is 5.77. The minimum atomic E-state index is -0.793. The number of rotatable bonds is 9. The van der Waals surface area contributed by atoms with Crippen molar-refractivity contribution in [2.24, 2.45) is 0 Å². The quantitative estimate of drug-likeness (QED) is 0.682. The molecule has 0 spiro atoms. The molecule has 1 aromatic carbocycles. The van der Waals surface area contributed by atoms with Crippen LogP contribution in [0.25, 0.3) is 0 Å². The lowest BCUT2D eigenvalue weighted by Crippen LogP contribution is -2.33. The first-order valence-corrected chi connectivity index (χ1v) is 8.58. The van der Waals surface area contributed by atoms with Crippen LogP contribution in [0.1, 0.15) is 13.3 Å². The minimum Gasteiger partial charge on any atom is -0.491 e. The Morgan fingerprint density at radius 1 is 1.40 bits per heavy atom. The molecule has 3 atom stereocenters. The van der Waals surface area contributed by atoms with Crippen LogP contribution in [0, 0.1) is 0 Å². The molecule has 20 heavy (non-hydrogen) atoms. The number of aliphatic hydroxyl groups excluding tert-OH is 1. The Balaban J connectivity index is 2.13. The molecule has 0 saturated heterocycles. The number of hydrogen-bond donors (Lipinski definition) is 2. The summed E-state index contributed by atoms with van der Waals surface area (Å²) in [6, 6.07) is 7.02. The Kier molecular flexibility index (Phi) is 8.14. The van der Waals surface area contributed by atoms with Crippen molar-refractivity contribution in [1.82, 2.24) is 5.32 Å². The molecular weight excluding hydrogens is 298 g/mol. The second kappa shape index (κ2) is 9.34. The van der Waals surface area contributed by atoms with Gasteiger partial charge >= 0.3 is 0 Å². The molecule has 0 aliphatic carbocycles. The van der Waals surface area contributed by atoms with Crippen molar-refractivity contribution < 1.29 is 14.1 Å². The predicted molar refractivity (Wildman–Crippen MR) is 84.0 cm³/mol. The third-order valence-electron chi connectivity index (χ3n) is 2.93. The topological polar surface area (TPSA) is 58.6 Å². The van der Waals surface area contributed by atoms with E-state index in [1.807, 2.05) is 6.92 Å². The molecule has 0 radical (unpaired) electrons. The maximum Gasteiger partial charge on any atom is 0.119 e. The van der Waals surface area contributed by atoms with Gasteiger partial charge in [-0.25, -0.2) is 0 Å². The zero-order valence-electron chi connectivity index (χ0n) is 11.8. The van der Waals surface area contributed by atoms with Crippen molar-refractivity contribution in [3.63, 3.8) is 0 Å². The van der Waals surface area contributed by atoms with Crippen LogP contribution in [0.15, 0.2) is 24.3 Å². The molecule has 0 bridgehead atoms. The molecular formula is C14H22ClNO3S. The number of benzene rings is 1. The smallest absolute Gasteiger partial charge is 0.119 e. The zero-order valence-corrected chi connectivity index (χ0v) is 13.4. The van der Waals surface area contributed by atoms with Gasteiger partial charge in [0.25, 0.3) is 0 Å². The number of aliphatic hydroxyl groups is 1. The molecule has 0 aliphatic heterocycles. The van der Waals surface area contributed by atoms with Gasteiger partial charge in [-0.05, 0) is 37.2 Å². The van der Waals surface area contributed by atoms with Gasteiger partial charge in [0.2, 0.25) is 0 Å². The molecule has 1 aromatic rings. The van der Waals surface area contributed by atoms with Crippen LogP contribution in [0.4, 0.5) is 0 Å². The Hall–Kier alpha value is -0.620. The Morgan fingerprint density at radius 2 is 2.05 bits per heavy atom. The maximum atomic E-state index is 11.2. The normalized spacial score (nSPS) is 15.6. The zero-order chi connectivity index (χ0) is 15.0. The first-order valence-electron chi connectivity index (χ1n) is 6.58. The maximum absolute atomic E-state index is 11.2. The molecule has 3 unspecified atom stereocenters. The minimum absolute atomic E-state index is 0.171. The van der Waals surface area contributed by atoms with Crippen LogP contribution in [0.2, 0.25) is 5.02 Å². The largest absolute Gasteiger partial charge is 0.491 e. The van der Waals surface area contributed by atoms with E-state index in [9.17, 15) is 9.32 Å². The van der Waals surface area contributed by atoms with Gasteiger partial charge in [-0.3, -0.25) is 4.21 Å². The van der Waals surface area contributed by atoms with E-state index in [1.165, 1.54) is 0 Å². The highest BCUT2D eigenvalue weighted by molar-refractivity contribution is 7.84. The summed E-state index contributed by atoms with van der Waals surface area (Å²) in [4.78, 5) is 0. The molecule has 0 aliphatic rings. The molecule has 0 amide bonds. The van der Waals surface area contributed by atoms with Crippen molar-refractivity contribution in [3.05, 3.63) is 29.3 Å². The molecule has 0 fully saturated rings. The lowest BCUT2D eigenvalue weighted by Gasteiger charge is -2.14. The molecule has 6 heteroatoms. The molecule has 1 rings (SSSR count). The van der Waals surface area contributed by atoms with E-state index in [-0.39, 0.29) is 11.9 Å². The number of nitrogens with one attached hydrogen (secondary N) is 1. The number of hydrogen-bond acceptors (Lipinski definition) is 4. The fraction of sp³-hybridized carbons (Fsp3) is 0.571. The number of ether oxygens (including phenoxy) is 1. The van der Waals surface area contributed by atoms with E-state index in [4.69, 9.17) is 16.3 Å². The van der Waals surface area contributed by atoms with E-state index in [0.29, 0.717) is 17.3 Å². The highest BCUT2D eigenvalue weighted by Crippen LogP contribution is 2.15. The summed E-state index contributed by atoms with van der Waals surface area (Å²) in [5.74, 6) is 0.684. The van der Waals surface area contributed by atoms with Crippen molar-refractivity contribution in [2.45, 2.75) is 24.7 Å². The fourth-order valence-electron chi connectivity index (χ4n) is 1.52. The molecule has 0 heterocycles. The Morgan fingerprint density at radius 3 is 2.65 bits per heavy atom. The van der Waals surface area contributed by atoms with Gasteiger partial charge in [-0.1, -0.05) is 18.5 Å². The number of halogens is 1. The standard InChI is InChI=1S/C14H22ClNO3S/c1-11(20(2)18)7-8-16-9-13(17)10-19-14-5-3-12(15)4-6-14/h3-6,11,13,16-17H,7-10H2,1-2H3. The average molecular weight is 320 g/mol. The average Bonchev–Trinajstić information content (AvgIpc) is 2.42. The van der Waals surface area contributed by atoms with Gasteiger partial charge in [0.05, 0.1) is 0 Å². The van der Waals surface area contributed by atoms with Crippen molar-refractivity contribution >= 4 is 22.4 Å².